The smallest absolute Gasteiger partial charge is 0.246 e. The number of aryl methyl sites for hydroxylation is 2. The van der Waals surface area contributed by atoms with Crippen LogP contribution in [0.15, 0.2) is 41.3 Å². The number of benzene rings is 2. The molecule has 1 aliphatic carbocycles. The quantitative estimate of drug-likeness (QED) is 0.760. The highest BCUT2D eigenvalue weighted by Crippen LogP contribution is 2.43. The van der Waals surface area contributed by atoms with E-state index in [2.05, 4.69) is 5.32 Å². The molecule has 28 heavy (non-hydrogen) atoms. The average Bonchev–Trinajstić information content (AvgIpc) is 3.17. The summed E-state index contributed by atoms with van der Waals surface area (Å²) >= 11 is 6.24. The monoisotopic (exact) mass is 421 g/mol. The molecule has 0 atom stereocenters. The SMILES string of the molecule is COc1ccc(NC(=O)C2(S(=O)(=O)c3cc(C)ccc3C)CCCC2)c(Cl)c1. The van der Waals surface area contributed by atoms with Crippen LogP contribution in [0.25, 0.3) is 0 Å². The van der Waals surface area contributed by atoms with Crippen LogP contribution in [0.3, 0.4) is 0 Å². The predicted octanol–water partition coefficient (Wildman–Crippen LogP) is 4.69. The summed E-state index contributed by atoms with van der Waals surface area (Å²) in [4.78, 5) is 13.5. The van der Waals surface area contributed by atoms with E-state index in [9.17, 15) is 13.2 Å². The Hall–Kier alpha value is -2.05. The number of hydrogen-bond donors (Lipinski definition) is 1. The number of carbonyl (C=O) groups is 1. The Balaban J connectivity index is 2.02. The van der Waals surface area contributed by atoms with Gasteiger partial charge in [-0.2, -0.15) is 0 Å². The summed E-state index contributed by atoms with van der Waals surface area (Å²) in [5.41, 5.74) is 1.86. The summed E-state index contributed by atoms with van der Waals surface area (Å²) in [6, 6.07) is 10.2. The van der Waals surface area contributed by atoms with Crippen LogP contribution in [0.1, 0.15) is 36.8 Å². The summed E-state index contributed by atoms with van der Waals surface area (Å²) in [5, 5.41) is 3.04. The molecule has 1 amide bonds. The Kier molecular flexibility index (Phi) is 5.73. The molecule has 1 N–H and O–H groups in total. The number of sulfone groups is 1. The predicted molar refractivity (Wildman–Crippen MR) is 111 cm³/mol. The van der Waals surface area contributed by atoms with Gasteiger partial charge in [-0.15, -0.1) is 0 Å². The lowest BCUT2D eigenvalue weighted by Gasteiger charge is -2.28. The molecule has 150 valence electrons. The molecule has 0 spiro atoms. The third-order valence-corrected chi connectivity index (χ3v) is 8.35. The van der Waals surface area contributed by atoms with Gasteiger partial charge in [-0.05, 0) is 56.0 Å². The molecule has 1 saturated carbocycles. The molecule has 0 bridgehead atoms. The molecular formula is C21H24ClNO4S. The Labute approximate surface area is 171 Å². The number of hydrogen-bond acceptors (Lipinski definition) is 4. The van der Waals surface area contributed by atoms with Crippen molar-refractivity contribution in [3.8, 4) is 5.75 Å². The zero-order valence-corrected chi connectivity index (χ0v) is 17.8. The Morgan fingerprint density at radius 2 is 1.79 bits per heavy atom. The number of amides is 1. The topological polar surface area (TPSA) is 72.5 Å². The molecule has 1 fully saturated rings. The van der Waals surface area contributed by atoms with Gasteiger partial charge in [0.25, 0.3) is 0 Å². The summed E-state index contributed by atoms with van der Waals surface area (Å²) in [6.07, 6.45) is 1.96. The number of methoxy groups -OCH3 is 1. The highest BCUT2D eigenvalue weighted by molar-refractivity contribution is 7.93. The largest absolute Gasteiger partial charge is 0.497 e. The number of anilines is 1. The zero-order chi connectivity index (χ0) is 20.5. The molecule has 0 saturated heterocycles. The van der Waals surface area contributed by atoms with Crippen molar-refractivity contribution in [2.24, 2.45) is 0 Å². The van der Waals surface area contributed by atoms with Crippen molar-refractivity contribution >= 4 is 33.0 Å². The van der Waals surface area contributed by atoms with Crippen LogP contribution in [0.4, 0.5) is 5.69 Å². The van der Waals surface area contributed by atoms with Crippen molar-refractivity contribution in [2.75, 3.05) is 12.4 Å². The standard InChI is InChI=1S/C21H24ClNO4S/c1-14-6-7-15(2)19(12-14)28(25,26)21(10-4-5-11-21)20(24)23-18-9-8-16(27-3)13-17(18)22/h6-9,12-13H,4-5,10-11H2,1-3H3,(H,23,24). The summed E-state index contributed by atoms with van der Waals surface area (Å²) in [5.74, 6) is 0.0274. The van der Waals surface area contributed by atoms with Gasteiger partial charge in [-0.3, -0.25) is 4.79 Å². The molecule has 2 aromatic rings. The first-order valence-corrected chi connectivity index (χ1v) is 11.0. The number of carbonyl (C=O) groups excluding carboxylic acids is 1. The Bertz CT molecular complexity index is 1010. The van der Waals surface area contributed by atoms with E-state index in [-0.39, 0.29) is 4.90 Å². The minimum absolute atomic E-state index is 0.227. The first kappa shape index (κ1) is 20.7. The van der Waals surface area contributed by atoms with E-state index < -0.39 is 20.5 Å². The van der Waals surface area contributed by atoms with Gasteiger partial charge in [0.2, 0.25) is 5.91 Å². The van der Waals surface area contributed by atoms with E-state index >= 15 is 0 Å². The van der Waals surface area contributed by atoms with Crippen LogP contribution in [0, 0.1) is 13.8 Å². The van der Waals surface area contributed by atoms with E-state index in [4.69, 9.17) is 16.3 Å². The highest BCUT2D eigenvalue weighted by atomic mass is 35.5. The van der Waals surface area contributed by atoms with Gasteiger partial charge in [-0.25, -0.2) is 8.42 Å². The summed E-state index contributed by atoms with van der Waals surface area (Å²) in [6.45, 7) is 3.60. The minimum atomic E-state index is -3.88. The van der Waals surface area contributed by atoms with Crippen LogP contribution in [-0.4, -0.2) is 26.2 Å². The first-order chi connectivity index (χ1) is 13.2. The third-order valence-electron chi connectivity index (χ3n) is 5.40. The van der Waals surface area contributed by atoms with Gasteiger partial charge in [0, 0.05) is 6.07 Å². The summed E-state index contributed by atoms with van der Waals surface area (Å²) < 4.78 is 30.9. The highest BCUT2D eigenvalue weighted by Gasteiger charge is 2.53. The van der Waals surface area contributed by atoms with Crippen molar-refractivity contribution in [2.45, 2.75) is 49.2 Å². The lowest BCUT2D eigenvalue weighted by molar-refractivity contribution is -0.118. The molecule has 2 aromatic carbocycles. The third kappa shape index (κ3) is 3.51. The maximum atomic E-state index is 13.6. The maximum Gasteiger partial charge on any atom is 0.246 e. The molecule has 3 rings (SSSR count). The van der Waals surface area contributed by atoms with Gasteiger partial charge in [0.05, 0.1) is 22.7 Å². The molecule has 7 heteroatoms. The molecule has 5 nitrogen and oxygen atoms in total. The lowest BCUT2D eigenvalue weighted by Crippen LogP contribution is -2.47. The van der Waals surface area contributed by atoms with Gasteiger partial charge in [0.1, 0.15) is 5.75 Å². The Morgan fingerprint density at radius 1 is 1.11 bits per heavy atom. The maximum absolute atomic E-state index is 13.6. The van der Waals surface area contributed by atoms with E-state index in [1.54, 1.807) is 37.3 Å². The van der Waals surface area contributed by atoms with Crippen molar-refractivity contribution in [3.05, 3.63) is 52.5 Å². The number of rotatable bonds is 5. The minimum Gasteiger partial charge on any atom is -0.497 e. The second kappa shape index (κ2) is 7.76. The second-order valence-electron chi connectivity index (χ2n) is 7.27. The molecule has 0 heterocycles. The van der Waals surface area contributed by atoms with Crippen LogP contribution < -0.4 is 10.1 Å². The van der Waals surface area contributed by atoms with Gasteiger partial charge in [-0.1, -0.05) is 36.6 Å². The van der Waals surface area contributed by atoms with E-state index in [1.807, 2.05) is 13.0 Å². The molecule has 1 aliphatic rings. The fraction of sp³-hybridized carbons (Fsp3) is 0.381. The van der Waals surface area contributed by atoms with E-state index in [0.717, 1.165) is 5.56 Å². The number of halogens is 1. The van der Waals surface area contributed by atoms with Gasteiger partial charge >= 0.3 is 0 Å². The fourth-order valence-electron chi connectivity index (χ4n) is 3.73. The normalized spacial score (nSPS) is 16.0. The second-order valence-corrected chi connectivity index (χ2v) is 9.91. The van der Waals surface area contributed by atoms with Crippen LogP contribution in [0.2, 0.25) is 5.02 Å². The van der Waals surface area contributed by atoms with Crippen molar-refractivity contribution in [1.82, 2.24) is 0 Å². The molecule has 0 unspecified atom stereocenters. The van der Waals surface area contributed by atoms with Crippen molar-refractivity contribution < 1.29 is 17.9 Å². The van der Waals surface area contributed by atoms with E-state index in [0.29, 0.717) is 47.7 Å². The van der Waals surface area contributed by atoms with E-state index in [1.165, 1.54) is 7.11 Å². The first-order valence-electron chi connectivity index (χ1n) is 9.18. The average molecular weight is 422 g/mol. The lowest BCUT2D eigenvalue weighted by atomic mass is 10.1. The van der Waals surface area contributed by atoms with Crippen molar-refractivity contribution in [3.63, 3.8) is 0 Å². The number of ether oxygens (including phenoxy) is 1. The van der Waals surface area contributed by atoms with Crippen LogP contribution >= 0.6 is 11.6 Å². The molecule has 0 aromatic heterocycles. The molecule has 0 radical (unpaired) electrons. The zero-order valence-electron chi connectivity index (χ0n) is 16.2. The molecular weight excluding hydrogens is 398 g/mol. The fourth-order valence-corrected chi connectivity index (χ4v) is 6.32. The molecule has 0 aliphatic heterocycles. The van der Waals surface area contributed by atoms with Crippen molar-refractivity contribution in [1.29, 1.82) is 0 Å². The Morgan fingerprint density at radius 3 is 2.39 bits per heavy atom. The number of nitrogens with one attached hydrogen (secondary N) is 1. The van der Waals surface area contributed by atoms with Crippen LogP contribution in [-0.2, 0) is 14.6 Å². The van der Waals surface area contributed by atoms with Crippen LogP contribution in [0.5, 0.6) is 5.75 Å². The summed E-state index contributed by atoms with van der Waals surface area (Å²) in [7, 11) is -2.36. The van der Waals surface area contributed by atoms with Gasteiger partial charge in [0.15, 0.2) is 14.6 Å². The van der Waals surface area contributed by atoms with Gasteiger partial charge < -0.3 is 10.1 Å².